The van der Waals surface area contributed by atoms with E-state index in [9.17, 15) is 4.79 Å². The zero-order chi connectivity index (χ0) is 10.8. The number of amides is 1. The van der Waals surface area contributed by atoms with Crippen LogP contribution in [0, 0.1) is 17.3 Å². The number of hydrogen-bond acceptors (Lipinski definition) is 2. The van der Waals surface area contributed by atoms with Gasteiger partial charge in [-0.1, -0.05) is 13.8 Å². The van der Waals surface area contributed by atoms with Crippen LogP contribution in [0.25, 0.3) is 0 Å². The smallest absolute Gasteiger partial charge is 0.222 e. The first kappa shape index (κ1) is 11.5. The summed E-state index contributed by atoms with van der Waals surface area (Å²) in [4.78, 5) is 11.1. The summed E-state index contributed by atoms with van der Waals surface area (Å²) in [5.41, 5.74) is 11.3. The van der Waals surface area contributed by atoms with E-state index in [1.807, 2.05) is 0 Å². The van der Waals surface area contributed by atoms with Gasteiger partial charge in [-0.3, -0.25) is 4.79 Å². The van der Waals surface area contributed by atoms with Crippen molar-refractivity contribution in [2.24, 2.45) is 28.7 Å². The second-order valence-electron chi connectivity index (χ2n) is 5.25. The third kappa shape index (κ3) is 2.71. The highest BCUT2D eigenvalue weighted by Crippen LogP contribution is 2.40. The van der Waals surface area contributed by atoms with Crippen molar-refractivity contribution in [3.05, 3.63) is 0 Å². The van der Waals surface area contributed by atoms with Gasteiger partial charge >= 0.3 is 0 Å². The summed E-state index contributed by atoms with van der Waals surface area (Å²) < 4.78 is 0. The highest BCUT2D eigenvalue weighted by molar-refractivity contribution is 5.77. The van der Waals surface area contributed by atoms with E-state index < -0.39 is 0 Å². The van der Waals surface area contributed by atoms with Crippen LogP contribution in [0.2, 0.25) is 0 Å². The average molecular weight is 198 g/mol. The molecule has 3 nitrogen and oxygen atoms in total. The summed E-state index contributed by atoms with van der Waals surface area (Å²) in [6.45, 7) is 4.97. The summed E-state index contributed by atoms with van der Waals surface area (Å²) in [5, 5.41) is 0. The van der Waals surface area contributed by atoms with Gasteiger partial charge in [0.2, 0.25) is 5.91 Å². The van der Waals surface area contributed by atoms with Crippen molar-refractivity contribution in [2.75, 3.05) is 6.54 Å². The van der Waals surface area contributed by atoms with Gasteiger partial charge in [-0.05, 0) is 37.0 Å². The lowest BCUT2D eigenvalue weighted by atomic mass is 9.69. The van der Waals surface area contributed by atoms with Crippen molar-refractivity contribution in [1.29, 1.82) is 0 Å². The van der Waals surface area contributed by atoms with Gasteiger partial charge < -0.3 is 11.5 Å². The quantitative estimate of drug-likeness (QED) is 0.717. The Hall–Kier alpha value is -0.570. The van der Waals surface area contributed by atoms with Crippen LogP contribution >= 0.6 is 0 Å². The fourth-order valence-electron chi connectivity index (χ4n) is 2.36. The first-order valence-electron chi connectivity index (χ1n) is 5.45. The fourth-order valence-corrected chi connectivity index (χ4v) is 2.36. The molecule has 0 heterocycles. The molecule has 1 fully saturated rings. The largest absolute Gasteiger partial charge is 0.369 e. The Morgan fingerprint density at radius 3 is 2.29 bits per heavy atom. The number of rotatable bonds is 3. The van der Waals surface area contributed by atoms with Gasteiger partial charge in [0.1, 0.15) is 0 Å². The van der Waals surface area contributed by atoms with Gasteiger partial charge in [0.25, 0.3) is 0 Å². The van der Waals surface area contributed by atoms with E-state index in [-0.39, 0.29) is 11.8 Å². The number of carbonyl (C=O) groups is 1. The second kappa shape index (κ2) is 4.30. The van der Waals surface area contributed by atoms with Crippen LogP contribution in [0.1, 0.15) is 39.5 Å². The monoisotopic (exact) mass is 198 g/mol. The minimum atomic E-state index is -0.225. The molecule has 0 aromatic rings. The van der Waals surface area contributed by atoms with Crippen LogP contribution in [-0.2, 0) is 4.79 Å². The Morgan fingerprint density at radius 1 is 1.43 bits per heavy atom. The van der Waals surface area contributed by atoms with Crippen LogP contribution < -0.4 is 11.5 Å². The topological polar surface area (TPSA) is 69.1 Å². The maximum absolute atomic E-state index is 11.1. The van der Waals surface area contributed by atoms with E-state index in [0.717, 1.165) is 12.8 Å². The molecule has 0 aliphatic heterocycles. The molecule has 1 aliphatic rings. The Bertz CT molecular complexity index is 203. The maximum atomic E-state index is 11.1. The maximum Gasteiger partial charge on any atom is 0.222 e. The van der Waals surface area contributed by atoms with E-state index in [4.69, 9.17) is 11.5 Å². The molecule has 0 saturated heterocycles. The van der Waals surface area contributed by atoms with Gasteiger partial charge in [0.05, 0.1) is 5.92 Å². The van der Waals surface area contributed by atoms with Gasteiger partial charge in [0.15, 0.2) is 0 Å². The van der Waals surface area contributed by atoms with Gasteiger partial charge in [-0.15, -0.1) is 0 Å². The van der Waals surface area contributed by atoms with Crippen molar-refractivity contribution in [3.63, 3.8) is 0 Å². The second-order valence-corrected chi connectivity index (χ2v) is 5.25. The molecule has 0 spiro atoms. The molecule has 0 aromatic heterocycles. The number of nitrogens with two attached hydrogens (primary N) is 2. The van der Waals surface area contributed by atoms with Gasteiger partial charge in [-0.25, -0.2) is 0 Å². The third-order valence-corrected chi connectivity index (χ3v) is 3.57. The molecule has 1 rings (SSSR count). The predicted octanol–water partition coefficient (Wildman–Crippen LogP) is 1.26. The normalized spacial score (nSPS) is 24.5. The lowest BCUT2D eigenvalue weighted by Gasteiger charge is -2.36. The Kier molecular flexibility index (Phi) is 3.53. The Labute approximate surface area is 86.2 Å². The van der Waals surface area contributed by atoms with E-state index in [2.05, 4.69) is 13.8 Å². The summed E-state index contributed by atoms with van der Waals surface area (Å²) in [5.74, 6) is 0.0915. The van der Waals surface area contributed by atoms with Crippen molar-refractivity contribution in [2.45, 2.75) is 39.5 Å². The first-order valence-corrected chi connectivity index (χ1v) is 5.45. The first-order chi connectivity index (χ1) is 6.46. The van der Waals surface area contributed by atoms with E-state index in [1.54, 1.807) is 0 Å². The molecule has 3 heteroatoms. The minimum Gasteiger partial charge on any atom is -0.369 e. The molecule has 1 unspecified atom stereocenters. The van der Waals surface area contributed by atoms with Gasteiger partial charge in [-0.2, -0.15) is 0 Å². The fraction of sp³-hybridized carbons (Fsp3) is 0.909. The van der Waals surface area contributed by atoms with Crippen molar-refractivity contribution in [3.8, 4) is 0 Å². The molecule has 1 atom stereocenters. The van der Waals surface area contributed by atoms with Crippen LogP contribution in [0.3, 0.4) is 0 Å². The number of primary amides is 1. The van der Waals surface area contributed by atoms with Crippen LogP contribution in [0.4, 0.5) is 0 Å². The van der Waals surface area contributed by atoms with Crippen LogP contribution in [0.15, 0.2) is 0 Å². The average Bonchev–Trinajstić information content (AvgIpc) is 2.08. The Balaban J connectivity index is 2.51. The molecule has 0 radical (unpaired) electrons. The highest BCUT2D eigenvalue weighted by atomic mass is 16.1. The Morgan fingerprint density at radius 2 is 1.93 bits per heavy atom. The van der Waals surface area contributed by atoms with Crippen molar-refractivity contribution < 1.29 is 4.79 Å². The minimum absolute atomic E-state index is 0.105. The molecule has 0 bridgehead atoms. The molecular weight excluding hydrogens is 176 g/mol. The highest BCUT2D eigenvalue weighted by Gasteiger charge is 2.32. The lowest BCUT2D eigenvalue weighted by molar-refractivity contribution is -0.123. The van der Waals surface area contributed by atoms with Gasteiger partial charge in [0, 0.05) is 6.54 Å². The zero-order valence-corrected chi connectivity index (χ0v) is 9.25. The SMILES string of the molecule is CC1(C)CCC(C(CN)C(N)=O)CC1. The zero-order valence-electron chi connectivity index (χ0n) is 9.25. The van der Waals surface area contributed by atoms with E-state index in [0.29, 0.717) is 17.9 Å². The molecule has 1 saturated carbocycles. The summed E-state index contributed by atoms with van der Waals surface area (Å²) in [6.07, 6.45) is 4.55. The van der Waals surface area contributed by atoms with Crippen molar-refractivity contribution >= 4 is 5.91 Å². The molecule has 1 amide bonds. The molecular formula is C11H22N2O. The summed E-state index contributed by atoms with van der Waals surface area (Å²) in [7, 11) is 0. The number of hydrogen-bond donors (Lipinski definition) is 2. The summed E-state index contributed by atoms with van der Waals surface area (Å²) in [6, 6.07) is 0. The molecule has 1 aliphatic carbocycles. The standard InChI is InChI=1S/C11H22N2O/c1-11(2)5-3-8(4-6-11)9(7-12)10(13)14/h8-9H,3-7,12H2,1-2H3,(H2,13,14). The third-order valence-electron chi connectivity index (χ3n) is 3.57. The number of carbonyl (C=O) groups excluding carboxylic acids is 1. The van der Waals surface area contributed by atoms with E-state index >= 15 is 0 Å². The molecule has 4 N–H and O–H groups in total. The predicted molar refractivity (Wildman–Crippen MR) is 57.5 cm³/mol. The lowest BCUT2D eigenvalue weighted by Crippen LogP contribution is -2.38. The molecule has 0 aromatic carbocycles. The van der Waals surface area contributed by atoms with E-state index in [1.165, 1.54) is 12.8 Å². The van der Waals surface area contributed by atoms with Crippen LogP contribution in [0.5, 0.6) is 0 Å². The summed E-state index contributed by atoms with van der Waals surface area (Å²) >= 11 is 0. The molecule has 14 heavy (non-hydrogen) atoms. The van der Waals surface area contributed by atoms with Crippen LogP contribution in [-0.4, -0.2) is 12.5 Å². The van der Waals surface area contributed by atoms with Crippen molar-refractivity contribution in [1.82, 2.24) is 0 Å². The molecule has 82 valence electrons.